The Morgan fingerprint density at radius 1 is 1.10 bits per heavy atom. The van der Waals surface area contributed by atoms with E-state index in [0.29, 0.717) is 11.4 Å². The summed E-state index contributed by atoms with van der Waals surface area (Å²) in [5.41, 5.74) is 5.01. The second-order valence-corrected chi connectivity index (χ2v) is 7.05. The van der Waals surface area contributed by atoms with Gasteiger partial charge in [0.25, 0.3) is 5.91 Å². The third kappa shape index (κ3) is 4.06. The molecule has 1 heterocycles. The van der Waals surface area contributed by atoms with Gasteiger partial charge < -0.3 is 10.1 Å². The minimum atomic E-state index is -0.560. The van der Waals surface area contributed by atoms with Gasteiger partial charge in [-0.2, -0.15) is 5.10 Å². The summed E-state index contributed by atoms with van der Waals surface area (Å²) < 4.78 is 7.08. The van der Waals surface area contributed by atoms with Gasteiger partial charge in [0.2, 0.25) is 0 Å². The Hall–Kier alpha value is -3.41. The number of nitrogens with zero attached hydrogens (tertiary/aromatic N) is 2. The normalized spacial score (nSPS) is 12.4. The molecule has 0 saturated heterocycles. The fourth-order valence-corrected chi connectivity index (χ4v) is 3.65. The zero-order chi connectivity index (χ0) is 20.2. The van der Waals surface area contributed by atoms with Gasteiger partial charge in [0.1, 0.15) is 0 Å². The van der Waals surface area contributed by atoms with Crippen LogP contribution >= 0.6 is 0 Å². The molecule has 1 aromatic heterocycles. The van der Waals surface area contributed by atoms with Crippen molar-refractivity contribution < 1.29 is 14.3 Å². The van der Waals surface area contributed by atoms with Crippen molar-refractivity contribution in [2.24, 2.45) is 0 Å². The van der Waals surface area contributed by atoms with Gasteiger partial charge in [-0.15, -0.1) is 0 Å². The predicted octanol–water partition coefficient (Wildman–Crippen LogP) is 3.72. The highest BCUT2D eigenvalue weighted by atomic mass is 16.5. The lowest BCUT2D eigenvalue weighted by molar-refractivity contribution is -0.119. The van der Waals surface area contributed by atoms with Gasteiger partial charge in [0, 0.05) is 16.9 Å². The van der Waals surface area contributed by atoms with Crippen molar-refractivity contribution >= 4 is 17.6 Å². The molecule has 0 unspecified atom stereocenters. The molecule has 0 saturated carbocycles. The van der Waals surface area contributed by atoms with Crippen LogP contribution in [0.5, 0.6) is 0 Å². The molecule has 148 valence electrons. The van der Waals surface area contributed by atoms with E-state index in [0.717, 1.165) is 48.2 Å². The second kappa shape index (κ2) is 8.31. The Labute approximate surface area is 169 Å². The molecule has 0 fully saturated rings. The van der Waals surface area contributed by atoms with E-state index in [4.69, 9.17) is 4.74 Å². The van der Waals surface area contributed by atoms with E-state index in [2.05, 4.69) is 17.3 Å². The molecular formula is C23H23N3O3. The Morgan fingerprint density at radius 3 is 2.72 bits per heavy atom. The zero-order valence-corrected chi connectivity index (χ0v) is 16.4. The predicted molar refractivity (Wildman–Crippen MR) is 110 cm³/mol. The fourth-order valence-electron chi connectivity index (χ4n) is 3.65. The fraction of sp³-hybridized carbons (Fsp3) is 0.261. The molecule has 3 aromatic rings. The van der Waals surface area contributed by atoms with E-state index in [1.807, 2.05) is 59.3 Å². The molecular weight excluding hydrogens is 366 g/mol. The average Bonchev–Trinajstić information content (AvgIpc) is 3.35. The number of ether oxygens (including phenoxy) is 1. The lowest BCUT2D eigenvalue weighted by Gasteiger charge is -2.07. The van der Waals surface area contributed by atoms with E-state index >= 15 is 0 Å². The van der Waals surface area contributed by atoms with Gasteiger partial charge >= 0.3 is 5.97 Å². The highest BCUT2D eigenvalue weighted by Gasteiger charge is 2.28. The number of aryl methyl sites for hydroxylation is 1. The third-order valence-corrected chi connectivity index (χ3v) is 5.08. The van der Waals surface area contributed by atoms with Crippen LogP contribution in [0.2, 0.25) is 0 Å². The van der Waals surface area contributed by atoms with Crippen LogP contribution in [0.4, 0.5) is 5.69 Å². The first kappa shape index (κ1) is 18.9. The summed E-state index contributed by atoms with van der Waals surface area (Å²) in [5, 5.41) is 7.26. The maximum absolute atomic E-state index is 12.6. The molecule has 1 N–H and O–H groups in total. The third-order valence-electron chi connectivity index (χ3n) is 5.08. The van der Waals surface area contributed by atoms with Crippen LogP contribution in [0.3, 0.4) is 0 Å². The van der Waals surface area contributed by atoms with Gasteiger partial charge in [-0.25, -0.2) is 9.48 Å². The molecule has 0 atom stereocenters. The molecule has 0 bridgehead atoms. The zero-order valence-electron chi connectivity index (χ0n) is 16.4. The van der Waals surface area contributed by atoms with Crippen LogP contribution in [0.15, 0.2) is 54.6 Å². The highest BCUT2D eigenvalue weighted by Crippen LogP contribution is 2.28. The first-order valence-corrected chi connectivity index (χ1v) is 9.88. The van der Waals surface area contributed by atoms with Gasteiger partial charge in [0.05, 0.1) is 5.69 Å². The van der Waals surface area contributed by atoms with Crippen LogP contribution in [-0.4, -0.2) is 28.3 Å². The maximum atomic E-state index is 12.6. The van der Waals surface area contributed by atoms with Crippen LogP contribution in [-0.2, 0) is 28.8 Å². The summed E-state index contributed by atoms with van der Waals surface area (Å²) in [4.78, 5) is 24.8. The monoisotopic (exact) mass is 389 g/mol. The molecule has 2 aromatic carbocycles. The van der Waals surface area contributed by atoms with Crippen LogP contribution in [0.25, 0.3) is 5.69 Å². The smallest absolute Gasteiger partial charge is 0.359 e. The summed E-state index contributed by atoms with van der Waals surface area (Å²) in [5.74, 6) is -0.930. The van der Waals surface area contributed by atoms with Gasteiger partial charge in [-0.05, 0) is 55.5 Å². The number of hydrogen-bond acceptors (Lipinski definition) is 4. The number of benzene rings is 2. The number of aromatic nitrogens is 2. The number of anilines is 1. The Kier molecular flexibility index (Phi) is 5.42. The molecule has 4 rings (SSSR count). The molecule has 6 nitrogen and oxygen atoms in total. The summed E-state index contributed by atoms with van der Waals surface area (Å²) in [6.07, 6.45) is 3.53. The average molecular weight is 389 g/mol. The van der Waals surface area contributed by atoms with Crippen LogP contribution in [0, 0.1) is 0 Å². The van der Waals surface area contributed by atoms with E-state index in [1.54, 1.807) is 0 Å². The van der Waals surface area contributed by atoms with Crippen molar-refractivity contribution in [3.8, 4) is 5.69 Å². The van der Waals surface area contributed by atoms with Crippen LogP contribution < -0.4 is 5.32 Å². The highest BCUT2D eigenvalue weighted by molar-refractivity contribution is 5.95. The first-order chi connectivity index (χ1) is 14.2. The maximum Gasteiger partial charge on any atom is 0.359 e. The standard InChI is InChI=1S/C23H23N3O3/c1-2-16-8-6-9-17(14-16)24-21(27)15-29-23(28)22-19-12-7-13-20(19)26(25-22)18-10-4-3-5-11-18/h3-6,8-11,14H,2,7,12-13,15H2,1H3,(H,24,27). The number of esters is 1. The Morgan fingerprint density at radius 2 is 1.93 bits per heavy atom. The topological polar surface area (TPSA) is 73.2 Å². The lowest BCUT2D eigenvalue weighted by atomic mass is 10.1. The molecule has 0 spiro atoms. The van der Waals surface area contributed by atoms with Gasteiger partial charge in [-0.1, -0.05) is 37.3 Å². The van der Waals surface area contributed by atoms with E-state index in [1.165, 1.54) is 0 Å². The van der Waals surface area contributed by atoms with E-state index < -0.39 is 5.97 Å². The molecule has 0 aliphatic heterocycles. The van der Waals surface area contributed by atoms with Crippen LogP contribution in [0.1, 0.15) is 40.7 Å². The molecule has 29 heavy (non-hydrogen) atoms. The number of amides is 1. The Bertz CT molecular complexity index is 1040. The van der Waals surface area contributed by atoms with E-state index in [9.17, 15) is 9.59 Å². The number of hydrogen-bond donors (Lipinski definition) is 1. The molecule has 6 heteroatoms. The SMILES string of the molecule is CCc1cccc(NC(=O)COC(=O)c2nn(-c3ccccc3)c3c2CCC3)c1. The largest absolute Gasteiger partial charge is 0.451 e. The first-order valence-electron chi connectivity index (χ1n) is 9.88. The quantitative estimate of drug-likeness (QED) is 0.652. The molecule has 0 radical (unpaired) electrons. The minimum absolute atomic E-state index is 0.308. The summed E-state index contributed by atoms with van der Waals surface area (Å²) in [7, 11) is 0. The number of carbonyl (C=O) groups excluding carboxylic acids is 2. The second-order valence-electron chi connectivity index (χ2n) is 7.05. The van der Waals surface area contributed by atoms with Crippen molar-refractivity contribution in [3.05, 3.63) is 77.1 Å². The summed E-state index contributed by atoms with van der Waals surface area (Å²) >= 11 is 0. The van der Waals surface area contributed by atoms with Gasteiger partial charge in [0.15, 0.2) is 12.3 Å². The van der Waals surface area contributed by atoms with Crippen molar-refractivity contribution in [3.63, 3.8) is 0 Å². The van der Waals surface area contributed by atoms with Crippen molar-refractivity contribution in [1.29, 1.82) is 0 Å². The van der Waals surface area contributed by atoms with Gasteiger partial charge in [-0.3, -0.25) is 4.79 Å². The molecule has 1 amide bonds. The van der Waals surface area contributed by atoms with Crippen molar-refractivity contribution in [1.82, 2.24) is 9.78 Å². The van der Waals surface area contributed by atoms with E-state index in [-0.39, 0.29) is 12.5 Å². The molecule has 1 aliphatic carbocycles. The number of rotatable bonds is 6. The minimum Gasteiger partial charge on any atom is -0.451 e. The van der Waals surface area contributed by atoms with Crippen molar-refractivity contribution in [2.45, 2.75) is 32.6 Å². The molecule has 1 aliphatic rings. The number of para-hydroxylation sites is 1. The van der Waals surface area contributed by atoms with Crippen molar-refractivity contribution in [2.75, 3.05) is 11.9 Å². The Balaban J connectivity index is 1.44. The summed E-state index contributed by atoms with van der Waals surface area (Å²) in [6, 6.07) is 17.3. The summed E-state index contributed by atoms with van der Waals surface area (Å²) in [6.45, 7) is 1.71. The number of fused-ring (bicyclic) bond motifs is 1. The lowest BCUT2D eigenvalue weighted by Crippen LogP contribution is -2.21. The number of nitrogens with one attached hydrogen (secondary N) is 1. The number of carbonyl (C=O) groups is 2.